The van der Waals surface area contributed by atoms with Gasteiger partial charge in [0.05, 0.1) is 12.1 Å². The number of fused-ring (bicyclic) bond motifs is 1. The predicted molar refractivity (Wildman–Crippen MR) is 82.7 cm³/mol. The quantitative estimate of drug-likeness (QED) is 0.737. The second-order valence-corrected chi connectivity index (χ2v) is 6.78. The fourth-order valence-electron chi connectivity index (χ4n) is 2.10. The molecule has 0 saturated carbocycles. The van der Waals surface area contributed by atoms with Crippen LogP contribution in [0.3, 0.4) is 0 Å². The van der Waals surface area contributed by atoms with Gasteiger partial charge in [0, 0.05) is 26.4 Å². The second-order valence-electron chi connectivity index (χ2n) is 4.82. The summed E-state index contributed by atoms with van der Waals surface area (Å²) in [6, 6.07) is 4.91. The van der Waals surface area contributed by atoms with Gasteiger partial charge in [-0.3, -0.25) is 4.40 Å². The lowest BCUT2D eigenvalue weighted by atomic mass is 10.4. The van der Waals surface area contributed by atoms with Crippen molar-refractivity contribution >= 4 is 21.5 Å². The Morgan fingerprint density at radius 3 is 2.83 bits per heavy atom. The molecule has 2 aromatic rings. The molecule has 2 heterocycles. The molecule has 9 heteroatoms. The molecule has 0 aliphatic carbocycles. The van der Waals surface area contributed by atoms with Crippen LogP contribution in [0.1, 0.15) is 24.0 Å². The molecule has 0 aliphatic rings. The fraction of sp³-hybridized carbons (Fsp3) is 0.429. The van der Waals surface area contributed by atoms with Gasteiger partial charge >= 0.3 is 5.97 Å². The Hall–Kier alpha value is -1.97. The lowest BCUT2D eigenvalue weighted by Gasteiger charge is -2.14. The number of hydrogen-bond donors (Lipinski definition) is 1. The maximum Gasteiger partial charge on any atom is 0.374 e. The Balaban J connectivity index is 2.55. The molecule has 23 heavy (non-hydrogen) atoms. The molecular formula is C14H19N3O5S. The number of imidazole rings is 1. The van der Waals surface area contributed by atoms with Gasteiger partial charge in [-0.2, -0.15) is 4.31 Å². The third-order valence-corrected chi connectivity index (χ3v) is 5.05. The zero-order valence-corrected chi connectivity index (χ0v) is 13.8. The molecule has 0 saturated heterocycles. The van der Waals surface area contributed by atoms with Crippen LogP contribution in [-0.4, -0.2) is 60.0 Å². The van der Waals surface area contributed by atoms with Crippen molar-refractivity contribution in [2.45, 2.75) is 18.4 Å². The average Bonchev–Trinajstić information content (AvgIpc) is 2.93. The van der Waals surface area contributed by atoms with Crippen molar-refractivity contribution in [2.75, 3.05) is 26.8 Å². The van der Waals surface area contributed by atoms with Crippen molar-refractivity contribution in [3.05, 3.63) is 30.2 Å². The van der Waals surface area contributed by atoms with Crippen molar-refractivity contribution in [1.82, 2.24) is 13.7 Å². The summed E-state index contributed by atoms with van der Waals surface area (Å²) in [7, 11) is -2.48. The van der Waals surface area contributed by atoms with Crippen molar-refractivity contribution in [3.8, 4) is 0 Å². The number of aliphatic hydroxyl groups excluding tert-OH is 1. The zero-order chi connectivity index (χ0) is 17.0. The summed E-state index contributed by atoms with van der Waals surface area (Å²) >= 11 is 0. The number of carbonyl (C=O) groups excluding carboxylic acids is 1. The summed E-state index contributed by atoms with van der Waals surface area (Å²) in [4.78, 5) is 16.0. The summed E-state index contributed by atoms with van der Waals surface area (Å²) in [5, 5.41) is 8.65. The topological polar surface area (TPSA) is 101 Å². The number of nitrogens with zero attached hydrogens (tertiary/aromatic N) is 3. The zero-order valence-electron chi connectivity index (χ0n) is 13.0. The smallest absolute Gasteiger partial charge is 0.374 e. The van der Waals surface area contributed by atoms with E-state index in [0.717, 1.165) is 4.31 Å². The molecule has 0 aromatic carbocycles. The molecule has 0 atom stereocenters. The van der Waals surface area contributed by atoms with E-state index in [1.807, 2.05) is 0 Å². The van der Waals surface area contributed by atoms with Crippen LogP contribution >= 0.6 is 0 Å². The molecule has 0 aliphatic heterocycles. The van der Waals surface area contributed by atoms with Gasteiger partial charge in [0.15, 0.2) is 5.03 Å². The highest BCUT2D eigenvalue weighted by Gasteiger charge is 2.29. The number of carbonyl (C=O) groups is 1. The Labute approximate surface area is 134 Å². The number of ether oxygens (including phenoxy) is 1. The third kappa shape index (κ3) is 3.36. The molecule has 126 valence electrons. The number of esters is 1. The van der Waals surface area contributed by atoms with Gasteiger partial charge in [0.25, 0.3) is 10.0 Å². The maximum absolute atomic E-state index is 12.7. The first kappa shape index (κ1) is 17.4. The van der Waals surface area contributed by atoms with Crippen molar-refractivity contribution in [2.24, 2.45) is 0 Å². The van der Waals surface area contributed by atoms with Crippen LogP contribution in [0.25, 0.3) is 5.52 Å². The van der Waals surface area contributed by atoms with E-state index in [1.165, 1.54) is 11.4 Å². The van der Waals surface area contributed by atoms with E-state index in [0.29, 0.717) is 11.9 Å². The summed E-state index contributed by atoms with van der Waals surface area (Å²) < 4.78 is 32.7. The first-order chi connectivity index (χ1) is 10.9. The van der Waals surface area contributed by atoms with Gasteiger partial charge in [-0.05, 0) is 25.5 Å². The molecule has 0 amide bonds. The lowest BCUT2D eigenvalue weighted by Crippen LogP contribution is -2.29. The van der Waals surface area contributed by atoms with Crippen LogP contribution in [-0.2, 0) is 14.8 Å². The van der Waals surface area contributed by atoms with Gasteiger partial charge in [-0.15, -0.1) is 0 Å². The number of aliphatic hydroxyl groups is 1. The van der Waals surface area contributed by atoms with Crippen molar-refractivity contribution < 1.29 is 23.1 Å². The minimum Gasteiger partial charge on any atom is -0.460 e. The number of hydrogen-bond acceptors (Lipinski definition) is 6. The molecule has 0 fully saturated rings. The lowest BCUT2D eigenvalue weighted by molar-refractivity contribution is 0.0510. The third-order valence-electron chi connectivity index (χ3n) is 3.26. The standard InChI is InChI=1S/C14H19N3O5S/c1-3-22-14(19)12-15-13(11-7-4-5-9-17(11)12)23(20,21)16(2)8-6-10-18/h4-5,7,9,18H,3,6,8,10H2,1-2H3. The van der Waals surface area contributed by atoms with E-state index in [2.05, 4.69) is 4.98 Å². The van der Waals surface area contributed by atoms with Crippen molar-refractivity contribution in [3.63, 3.8) is 0 Å². The number of sulfonamides is 1. The number of aromatic nitrogens is 2. The molecule has 2 rings (SSSR count). The largest absolute Gasteiger partial charge is 0.460 e. The Bertz CT molecular complexity index is 800. The normalized spacial score (nSPS) is 12.0. The second kappa shape index (κ2) is 7.07. The molecule has 0 bridgehead atoms. The summed E-state index contributed by atoms with van der Waals surface area (Å²) in [5.41, 5.74) is 0.298. The van der Waals surface area contributed by atoms with E-state index >= 15 is 0 Å². The van der Waals surface area contributed by atoms with Crippen LogP contribution in [0.4, 0.5) is 0 Å². The Morgan fingerprint density at radius 1 is 1.43 bits per heavy atom. The van der Waals surface area contributed by atoms with Gasteiger partial charge in [0.1, 0.15) is 0 Å². The van der Waals surface area contributed by atoms with E-state index in [1.54, 1.807) is 31.3 Å². The highest BCUT2D eigenvalue weighted by Crippen LogP contribution is 2.21. The van der Waals surface area contributed by atoms with Crippen LogP contribution in [0, 0.1) is 0 Å². The molecule has 8 nitrogen and oxygen atoms in total. The first-order valence-corrected chi connectivity index (χ1v) is 8.59. The van der Waals surface area contributed by atoms with Crippen molar-refractivity contribution in [1.29, 1.82) is 0 Å². The monoisotopic (exact) mass is 341 g/mol. The molecule has 1 N–H and O–H groups in total. The molecular weight excluding hydrogens is 322 g/mol. The van der Waals surface area contributed by atoms with Crippen LogP contribution < -0.4 is 0 Å². The molecule has 0 unspecified atom stereocenters. The minimum absolute atomic E-state index is 0.0865. The van der Waals surface area contributed by atoms with Crippen LogP contribution in [0.15, 0.2) is 29.4 Å². The number of pyridine rings is 1. The summed E-state index contributed by atoms with van der Waals surface area (Å²) in [5.74, 6) is -0.773. The fourth-order valence-corrected chi connectivity index (χ4v) is 3.40. The van der Waals surface area contributed by atoms with E-state index < -0.39 is 16.0 Å². The van der Waals surface area contributed by atoms with Gasteiger partial charge in [-0.25, -0.2) is 18.2 Å². The van der Waals surface area contributed by atoms with Gasteiger partial charge in [-0.1, -0.05) is 6.07 Å². The minimum atomic E-state index is -3.88. The molecule has 0 spiro atoms. The predicted octanol–water partition coefficient (Wildman–Crippen LogP) is 0.514. The maximum atomic E-state index is 12.7. The highest BCUT2D eigenvalue weighted by atomic mass is 32.2. The van der Waals surface area contributed by atoms with Gasteiger partial charge in [0.2, 0.25) is 5.82 Å². The molecule has 0 radical (unpaired) electrons. The summed E-state index contributed by atoms with van der Waals surface area (Å²) in [6.45, 7) is 1.87. The first-order valence-electron chi connectivity index (χ1n) is 7.15. The summed E-state index contributed by atoms with van der Waals surface area (Å²) in [6.07, 6.45) is 1.87. The number of rotatable bonds is 7. The van der Waals surface area contributed by atoms with E-state index in [4.69, 9.17) is 9.84 Å². The van der Waals surface area contributed by atoms with Crippen LogP contribution in [0.5, 0.6) is 0 Å². The van der Waals surface area contributed by atoms with Crippen LogP contribution in [0.2, 0.25) is 0 Å². The average molecular weight is 341 g/mol. The highest BCUT2D eigenvalue weighted by molar-refractivity contribution is 7.89. The van der Waals surface area contributed by atoms with Gasteiger partial charge < -0.3 is 9.84 Å². The SMILES string of the molecule is CCOC(=O)c1nc(S(=O)(=O)N(C)CCCO)c2ccccn12. The molecule has 2 aromatic heterocycles. The Morgan fingerprint density at radius 2 is 2.17 bits per heavy atom. The Kier molecular flexibility index (Phi) is 5.34. The van der Waals surface area contributed by atoms with E-state index in [9.17, 15) is 13.2 Å². The van der Waals surface area contributed by atoms with E-state index in [-0.39, 0.29) is 30.6 Å².